The first-order valence-electron chi connectivity index (χ1n) is 9.29. The SMILES string of the molecule is CC(=O)N1C[C@@H]2C[C@H](C1)c1cc(-c3ccc4cncnc4c3)cc(=O)n1C2. The van der Waals surface area contributed by atoms with Crippen LogP contribution in [0.4, 0.5) is 0 Å². The molecule has 3 aromatic rings. The van der Waals surface area contributed by atoms with Crippen molar-refractivity contribution < 1.29 is 4.79 Å². The molecule has 4 heterocycles. The number of nitrogens with zero attached hydrogens (tertiary/aromatic N) is 4. The molecular weight excluding hydrogens is 340 g/mol. The summed E-state index contributed by atoms with van der Waals surface area (Å²) in [6.45, 7) is 3.77. The minimum atomic E-state index is 0.0382. The Bertz CT molecular complexity index is 1120. The van der Waals surface area contributed by atoms with Gasteiger partial charge in [0.2, 0.25) is 5.91 Å². The Labute approximate surface area is 156 Å². The number of rotatable bonds is 1. The van der Waals surface area contributed by atoms with Crippen molar-refractivity contribution in [2.45, 2.75) is 25.8 Å². The summed E-state index contributed by atoms with van der Waals surface area (Å²) in [4.78, 5) is 35.0. The molecule has 2 aliphatic rings. The van der Waals surface area contributed by atoms with E-state index in [-0.39, 0.29) is 17.4 Å². The first-order valence-corrected chi connectivity index (χ1v) is 9.29. The van der Waals surface area contributed by atoms with E-state index in [1.165, 1.54) is 6.33 Å². The summed E-state index contributed by atoms with van der Waals surface area (Å²) < 4.78 is 1.91. The maximum absolute atomic E-state index is 12.8. The number of pyridine rings is 1. The monoisotopic (exact) mass is 360 g/mol. The van der Waals surface area contributed by atoms with Crippen LogP contribution in [0.1, 0.15) is 25.0 Å². The zero-order valence-corrected chi connectivity index (χ0v) is 15.1. The molecule has 1 aromatic carbocycles. The molecule has 2 aliphatic heterocycles. The molecule has 27 heavy (non-hydrogen) atoms. The van der Waals surface area contributed by atoms with E-state index in [0.29, 0.717) is 19.0 Å². The van der Waals surface area contributed by atoms with E-state index in [2.05, 4.69) is 16.0 Å². The van der Waals surface area contributed by atoms with Crippen LogP contribution in [0.5, 0.6) is 0 Å². The molecule has 6 nitrogen and oxygen atoms in total. The second-order valence-corrected chi connectivity index (χ2v) is 7.64. The summed E-state index contributed by atoms with van der Waals surface area (Å²) in [7, 11) is 0. The van der Waals surface area contributed by atoms with Crippen LogP contribution in [-0.4, -0.2) is 38.4 Å². The molecule has 0 saturated carbocycles. The zero-order valence-electron chi connectivity index (χ0n) is 15.1. The minimum absolute atomic E-state index is 0.0382. The average molecular weight is 360 g/mol. The molecule has 136 valence electrons. The van der Waals surface area contributed by atoms with E-state index in [4.69, 9.17) is 0 Å². The van der Waals surface area contributed by atoms with Gasteiger partial charge >= 0.3 is 0 Å². The largest absolute Gasteiger partial charge is 0.342 e. The molecule has 2 aromatic heterocycles. The van der Waals surface area contributed by atoms with Crippen molar-refractivity contribution >= 4 is 16.8 Å². The number of piperidine rings is 1. The van der Waals surface area contributed by atoms with Crippen LogP contribution in [0.15, 0.2) is 47.7 Å². The highest BCUT2D eigenvalue weighted by molar-refractivity contribution is 5.83. The first kappa shape index (κ1) is 16.2. The van der Waals surface area contributed by atoms with Gasteiger partial charge in [0.1, 0.15) is 6.33 Å². The second-order valence-electron chi connectivity index (χ2n) is 7.64. The Morgan fingerprint density at radius 3 is 2.85 bits per heavy atom. The number of benzene rings is 1. The van der Waals surface area contributed by atoms with Crippen molar-refractivity contribution in [3.05, 3.63) is 58.9 Å². The average Bonchev–Trinajstić information content (AvgIpc) is 2.68. The highest BCUT2D eigenvalue weighted by Gasteiger charge is 2.35. The number of amides is 1. The molecule has 1 fully saturated rings. The molecule has 5 rings (SSSR count). The lowest BCUT2D eigenvalue weighted by Crippen LogP contribution is -2.48. The fourth-order valence-electron chi connectivity index (χ4n) is 4.54. The van der Waals surface area contributed by atoms with Gasteiger partial charge in [0.05, 0.1) is 5.52 Å². The van der Waals surface area contributed by atoms with Crippen LogP contribution >= 0.6 is 0 Å². The summed E-state index contributed by atoms with van der Waals surface area (Å²) in [6, 6.07) is 9.82. The van der Waals surface area contributed by atoms with E-state index in [1.807, 2.05) is 27.7 Å². The third-order valence-electron chi connectivity index (χ3n) is 5.84. The summed E-state index contributed by atoms with van der Waals surface area (Å²) >= 11 is 0. The lowest BCUT2D eigenvalue weighted by Gasteiger charge is -2.42. The zero-order chi connectivity index (χ0) is 18.5. The van der Waals surface area contributed by atoms with Gasteiger partial charge in [0.15, 0.2) is 0 Å². The number of likely N-dealkylation sites (tertiary alicyclic amines) is 1. The molecule has 2 atom stereocenters. The lowest BCUT2D eigenvalue weighted by molar-refractivity contribution is -0.131. The van der Waals surface area contributed by atoms with E-state index >= 15 is 0 Å². The predicted molar refractivity (Wildman–Crippen MR) is 102 cm³/mol. The van der Waals surface area contributed by atoms with Crippen molar-refractivity contribution in [3.63, 3.8) is 0 Å². The van der Waals surface area contributed by atoms with Crippen LogP contribution in [0.2, 0.25) is 0 Å². The number of aromatic nitrogens is 3. The fourth-order valence-corrected chi connectivity index (χ4v) is 4.54. The van der Waals surface area contributed by atoms with E-state index in [9.17, 15) is 9.59 Å². The third kappa shape index (κ3) is 2.72. The van der Waals surface area contributed by atoms with Gasteiger partial charge in [-0.1, -0.05) is 12.1 Å². The summed E-state index contributed by atoms with van der Waals surface area (Å²) in [6.07, 6.45) is 4.36. The Hall–Kier alpha value is -3.02. The van der Waals surface area contributed by atoms with Crippen LogP contribution < -0.4 is 5.56 Å². The number of fused-ring (bicyclic) bond motifs is 5. The van der Waals surface area contributed by atoms with Gasteiger partial charge in [0.25, 0.3) is 5.56 Å². The van der Waals surface area contributed by atoms with Gasteiger partial charge in [-0.2, -0.15) is 0 Å². The van der Waals surface area contributed by atoms with Gasteiger partial charge in [0, 0.05) is 55.8 Å². The number of carbonyl (C=O) groups excluding carboxylic acids is 1. The lowest BCUT2D eigenvalue weighted by atomic mass is 9.82. The highest BCUT2D eigenvalue weighted by atomic mass is 16.2. The quantitative estimate of drug-likeness (QED) is 0.668. The van der Waals surface area contributed by atoms with E-state index < -0.39 is 0 Å². The minimum Gasteiger partial charge on any atom is -0.342 e. The van der Waals surface area contributed by atoms with Crippen molar-refractivity contribution in [1.82, 2.24) is 19.4 Å². The van der Waals surface area contributed by atoms with Gasteiger partial charge in [-0.15, -0.1) is 0 Å². The Morgan fingerprint density at radius 1 is 1.11 bits per heavy atom. The molecule has 0 N–H and O–H groups in total. The number of hydrogen-bond donors (Lipinski definition) is 0. The van der Waals surface area contributed by atoms with Crippen LogP contribution in [0, 0.1) is 5.92 Å². The third-order valence-corrected chi connectivity index (χ3v) is 5.84. The standard InChI is InChI=1S/C21H20N4O2/c1-13(26)24-9-14-4-18(11-24)20-6-17(7-21(27)25(20)10-14)15-2-3-16-8-22-12-23-19(16)5-15/h2-3,5-8,12,14,18H,4,9-11H2,1H3/t14-,18+/m0/s1. The normalized spacial score (nSPS) is 21.1. The first-order chi connectivity index (χ1) is 13.1. The van der Waals surface area contributed by atoms with Crippen molar-refractivity contribution in [2.24, 2.45) is 5.92 Å². The molecule has 0 unspecified atom stereocenters. The fraction of sp³-hybridized carbons (Fsp3) is 0.333. The molecule has 0 spiro atoms. The van der Waals surface area contributed by atoms with Crippen molar-refractivity contribution in [1.29, 1.82) is 0 Å². The van der Waals surface area contributed by atoms with Gasteiger partial charge < -0.3 is 9.47 Å². The van der Waals surface area contributed by atoms with Crippen molar-refractivity contribution in [3.8, 4) is 11.1 Å². The second kappa shape index (κ2) is 6.01. The summed E-state index contributed by atoms with van der Waals surface area (Å²) in [5.41, 5.74) is 3.83. The molecule has 1 saturated heterocycles. The van der Waals surface area contributed by atoms with Gasteiger partial charge in [-0.3, -0.25) is 9.59 Å². The maximum Gasteiger partial charge on any atom is 0.251 e. The molecule has 2 bridgehead atoms. The van der Waals surface area contributed by atoms with Crippen LogP contribution in [0.25, 0.3) is 22.0 Å². The number of carbonyl (C=O) groups is 1. The predicted octanol–water partition coefficient (Wildman–Crippen LogP) is 2.42. The molecule has 1 amide bonds. The maximum atomic E-state index is 12.8. The van der Waals surface area contributed by atoms with Gasteiger partial charge in [-0.05, 0) is 35.6 Å². The Morgan fingerprint density at radius 2 is 2.00 bits per heavy atom. The molecule has 0 aliphatic carbocycles. The van der Waals surface area contributed by atoms with Crippen molar-refractivity contribution in [2.75, 3.05) is 13.1 Å². The van der Waals surface area contributed by atoms with E-state index in [0.717, 1.165) is 40.7 Å². The molecule has 0 radical (unpaired) electrons. The molecular formula is C21H20N4O2. The van der Waals surface area contributed by atoms with Crippen LogP contribution in [0.3, 0.4) is 0 Å². The Balaban J connectivity index is 1.60. The summed E-state index contributed by atoms with van der Waals surface area (Å²) in [5, 5.41) is 0.975. The topological polar surface area (TPSA) is 68.1 Å². The molecule has 6 heteroatoms. The van der Waals surface area contributed by atoms with Gasteiger partial charge in [-0.25, -0.2) is 9.97 Å². The smallest absolute Gasteiger partial charge is 0.251 e. The summed E-state index contributed by atoms with van der Waals surface area (Å²) in [5.74, 6) is 0.698. The Kier molecular flexibility index (Phi) is 3.60. The highest BCUT2D eigenvalue weighted by Crippen LogP contribution is 2.36. The number of hydrogen-bond acceptors (Lipinski definition) is 4. The van der Waals surface area contributed by atoms with E-state index in [1.54, 1.807) is 19.2 Å². The van der Waals surface area contributed by atoms with Crippen LogP contribution in [-0.2, 0) is 11.3 Å².